The zero-order chi connectivity index (χ0) is 20.2. The van der Waals surface area contributed by atoms with E-state index in [1.54, 1.807) is 6.07 Å². The zero-order valence-corrected chi connectivity index (χ0v) is 16.3. The highest BCUT2D eigenvalue weighted by Gasteiger charge is 2.23. The van der Waals surface area contributed by atoms with Gasteiger partial charge >= 0.3 is 0 Å². The molecule has 0 fully saturated rings. The molecule has 0 aromatic heterocycles. The van der Waals surface area contributed by atoms with Crippen LogP contribution in [0.1, 0.15) is 12.5 Å². The Morgan fingerprint density at radius 2 is 1.74 bits per heavy atom. The molecule has 0 atom stereocenters. The fraction of sp³-hybridized carbons (Fsp3) is 0.278. The zero-order valence-electron chi connectivity index (χ0n) is 15.4. The molecule has 0 saturated heterocycles. The molecule has 0 aliphatic heterocycles. The van der Waals surface area contributed by atoms with Crippen LogP contribution in [0.5, 0.6) is 11.5 Å². The Hall–Kier alpha value is -2.65. The molecule has 0 radical (unpaired) electrons. The molecule has 1 N–H and O–H groups in total. The Morgan fingerprint density at radius 3 is 2.30 bits per heavy atom. The molecule has 2 aromatic carbocycles. The SMILES string of the molecule is COc1ccc(CN(C)S(=O)(=O)c2ccc(OC)c(NC(C)=O)c2)cc1F. The van der Waals surface area contributed by atoms with E-state index in [1.165, 1.54) is 58.5 Å². The van der Waals surface area contributed by atoms with E-state index in [0.29, 0.717) is 11.3 Å². The van der Waals surface area contributed by atoms with Crippen molar-refractivity contribution in [1.29, 1.82) is 0 Å². The quantitative estimate of drug-likeness (QED) is 0.778. The maximum atomic E-state index is 13.8. The van der Waals surface area contributed by atoms with Crippen molar-refractivity contribution in [2.75, 3.05) is 26.6 Å². The van der Waals surface area contributed by atoms with Crippen molar-refractivity contribution in [2.45, 2.75) is 18.4 Å². The number of nitrogens with zero attached hydrogens (tertiary/aromatic N) is 1. The first kappa shape index (κ1) is 20.7. The summed E-state index contributed by atoms with van der Waals surface area (Å²) in [5.41, 5.74) is 0.713. The minimum Gasteiger partial charge on any atom is -0.495 e. The second-order valence-corrected chi connectivity index (χ2v) is 7.82. The van der Waals surface area contributed by atoms with E-state index in [-0.39, 0.29) is 28.8 Å². The highest BCUT2D eigenvalue weighted by Crippen LogP contribution is 2.29. The van der Waals surface area contributed by atoms with Crippen molar-refractivity contribution < 1.29 is 27.1 Å². The first-order chi connectivity index (χ1) is 12.7. The van der Waals surface area contributed by atoms with Gasteiger partial charge in [0.2, 0.25) is 15.9 Å². The van der Waals surface area contributed by atoms with Gasteiger partial charge in [-0.15, -0.1) is 0 Å². The maximum Gasteiger partial charge on any atom is 0.243 e. The number of halogens is 1. The van der Waals surface area contributed by atoms with Crippen LogP contribution in [0, 0.1) is 5.82 Å². The molecule has 146 valence electrons. The summed E-state index contributed by atoms with van der Waals surface area (Å²) in [6, 6.07) is 8.41. The first-order valence-electron chi connectivity index (χ1n) is 7.93. The van der Waals surface area contributed by atoms with Crippen molar-refractivity contribution in [1.82, 2.24) is 4.31 Å². The van der Waals surface area contributed by atoms with E-state index in [4.69, 9.17) is 9.47 Å². The predicted molar refractivity (Wildman–Crippen MR) is 98.9 cm³/mol. The van der Waals surface area contributed by atoms with Crippen LogP contribution in [0.15, 0.2) is 41.3 Å². The number of rotatable bonds is 7. The Balaban J connectivity index is 2.31. The molecule has 0 unspecified atom stereocenters. The smallest absolute Gasteiger partial charge is 0.243 e. The topological polar surface area (TPSA) is 84.9 Å². The molecular formula is C18H21FN2O5S. The van der Waals surface area contributed by atoms with E-state index >= 15 is 0 Å². The van der Waals surface area contributed by atoms with Crippen LogP contribution in [-0.4, -0.2) is 39.9 Å². The largest absolute Gasteiger partial charge is 0.495 e. The molecule has 0 aliphatic carbocycles. The molecule has 0 saturated carbocycles. The predicted octanol–water partition coefficient (Wildman–Crippen LogP) is 2.62. The van der Waals surface area contributed by atoms with Gasteiger partial charge < -0.3 is 14.8 Å². The number of hydrogen-bond donors (Lipinski definition) is 1. The number of anilines is 1. The lowest BCUT2D eigenvalue weighted by atomic mass is 10.2. The Labute approximate surface area is 157 Å². The molecule has 7 nitrogen and oxygen atoms in total. The summed E-state index contributed by atoms with van der Waals surface area (Å²) in [6.07, 6.45) is 0. The number of ether oxygens (including phenoxy) is 2. The lowest BCUT2D eigenvalue weighted by molar-refractivity contribution is -0.114. The van der Waals surface area contributed by atoms with Crippen molar-refractivity contribution in [3.05, 3.63) is 47.8 Å². The number of methoxy groups -OCH3 is 2. The number of nitrogens with one attached hydrogen (secondary N) is 1. The van der Waals surface area contributed by atoms with E-state index in [2.05, 4.69) is 5.32 Å². The number of amides is 1. The Bertz CT molecular complexity index is 947. The maximum absolute atomic E-state index is 13.8. The fourth-order valence-corrected chi connectivity index (χ4v) is 3.65. The van der Waals surface area contributed by atoms with Crippen molar-refractivity contribution in [3.8, 4) is 11.5 Å². The van der Waals surface area contributed by atoms with Gasteiger partial charge in [-0.1, -0.05) is 6.07 Å². The minimum absolute atomic E-state index is 0.0245. The normalized spacial score (nSPS) is 11.3. The summed E-state index contributed by atoms with van der Waals surface area (Å²) in [5.74, 6) is -0.508. The van der Waals surface area contributed by atoms with Gasteiger partial charge in [0.25, 0.3) is 0 Å². The van der Waals surface area contributed by atoms with Gasteiger partial charge in [0.1, 0.15) is 5.75 Å². The van der Waals surface area contributed by atoms with Crippen molar-refractivity contribution >= 4 is 21.6 Å². The first-order valence-corrected chi connectivity index (χ1v) is 9.37. The number of carbonyl (C=O) groups is 1. The van der Waals surface area contributed by atoms with Gasteiger partial charge in [-0.25, -0.2) is 12.8 Å². The van der Waals surface area contributed by atoms with Crippen LogP contribution in [0.3, 0.4) is 0 Å². The average Bonchev–Trinajstić information content (AvgIpc) is 2.61. The molecule has 1 amide bonds. The molecule has 0 bridgehead atoms. The van der Waals surface area contributed by atoms with Crippen LogP contribution in [0.2, 0.25) is 0 Å². The highest BCUT2D eigenvalue weighted by molar-refractivity contribution is 7.89. The highest BCUT2D eigenvalue weighted by atomic mass is 32.2. The lowest BCUT2D eigenvalue weighted by Crippen LogP contribution is -2.26. The monoisotopic (exact) mass is 396 g/mol. The average molecular weight is 396 g/mol. The molecule has 27 heavy (non-hydrogen) atoms. The molecular weight excluding hydrogens is 375 g/mol. The van der Waals surface area contributed by atoms with Crippen LogP contribution < -0.4 is 14.8 Å². The van der Waals surface area contributed by atoms with Gasteiger partial charge in [0.15, 0.2) is 11.6 Å². The number of benzene rings is 2. The summed E-state index contributed by atoms with van der Waals surface area (Å²) in [7, 11) is 0.281. The van der Waals surface area contributed by atoms with Crippen molar-refractivity contribution in [3.63, 3.8) is 0 Å². The number of sulfonamides is 1. The molecule has 0 aliphatic rings. The second kappa shape index (κ2) is 8.36. The van der Waals surface area contributed by atoms with Gasteiger partial charge in [0.05, 0.1) is 24.8 Å². The summed E-state index contributed by atoms with van der Waals surface area (Å²) in [6.45, 7) is 1.27. The van der Waals surface area contributed by atoms with Gasteiger partial charge in [-0.05, 0) is 35.9 Å². The van der Waals surface area contributed by atoms with Gasteiger partial charge in [-0.3, -0.25) is 4.79 Å². The standard InChI is InChI=1S/C18H21FN2O5S/c1-12(22)20-16-10-14(6-8-18(16)26-4)27(23,24)21(2)11-13-5-7-17(25-3)15(19)9-13/h5-10H,11H2,1-4H3,(H,20,22). The molecule has 9 heteroatoms. The van der Waals surface area contributed by atoms with Crippen molar-refractivity contribution in [2.24, 2.45) is 0 Å². The van der Waals surface area contributed by atoms with Crippen LogP contribution in [-0.2, 0) is 21.4 Å². The Morgan fingerprint density at radius 1 is 1.11 bits per heavy atom. The Kier molecular flexibility index (Phi) is 6.40. The molecule has 2 aromatic rings. The third-order valence-corrected chi connectivity index (χ3v) is 5.61. The summed E-state index contributed by atoms with van der Waals surface area (Å²) in [4.78, 5) is 11.3. The van der Waals surface area contributed by atoms with E-state index in [1.807, 2.05) is 0 Å². The van der Waals surface area contributed by atoms with E-state index < -0.39 is 15.8 Å². The van der Waals surface area contributed by atoms with E-state index in [9.17, 15) is 17.6 Å². The minimum atomic E-state index is -3.88. The third kappa shape index (κ3) is 4.75. The summed E-state index contributed by atoms with van der Waals surface area (Å²) >= 11 is 0. The van der Waals surface area contributed by atoms with Crippen LogP contribution >= 0.6 is 0 Å². The fourth-order valence-electron chi connectivity index (χ4n) is 2.47. The molecule has 2 rings (SSSR count). The summed E-state index contributed by atoms with van der Waals surface area (Å²) < 4.78 is 50.6. The second-order valence-electron chi connectivity index (χ2n) is 5.77. The van der Waals surface area contributed by atoms with Gasteiger partial charge in [0, 0.05) is 20.5 Å². The number of hydrogen-bond acceptors (Lipinski definition) is 5. The molecule has 0 heterocycles. The number of carbonyl (C=O) groups excluding carboxylic acids is 1. The van der Waals surface area contributed by atoms with Crippen LogP contribution in [0.25, 0.3) is 0 Å². The third-order valence-electron chi connectivity index (χ3n) is 3.81. The van der Waals surface area contributed by atoms with E-state index in [0.717, 1.165) is 4.31 Å². The lowest BCUT2D eigenvalue weighted by Gasteiger charge is -2.19. The van der Waals surface area contributed by atoms with Gasteiger partial charge in [-0.2, -0.15) is 4.31 Å². The molecule has 0 spiro atoms. The van der Waals surface area contributed by atoms with Crippen LogP contribution in [0.4, 0.5) is 10.1 Å². The summed E-state index contributed by atoms with van der Waals surface area (Å²) in [5, 5.41) is 2.54.